The maximum atomic E-state index is 13.4. The summed E-state index contributed by atoms with van der Waals surface area (Å²) in [5.74, 6) is 2.69. The van der Waals surface area contributed by atoms with E-state index in [1.165, 1.54) is 0 Å². The lowest BCUT2D eigenvalue weighted by Crippen LogP contribution is -2.38. The van der Waals surface area contributed by atoms with Crippen LogP contribution < -0.4 is 28.4 Å². The highest BCUT2D eigenvalue weighted by Gasteiger charge is 2.38. The van der Waals surface area contributed by atoms with E-state index in [1.807, 2.05) is 27.7 Å². The van der Waals surface area contributed by atoms with Crippen molar-refractivity contribution in [2.24, 2.45) is 8.80 Å². The molecule has 2 aromatic rings. The van der Waals surface area contributed by atoms with Gasteiger partial charge in [0.05, 0.1) is 19.0 Å². The lowest BCUT2D eigenvalue weighted by Gasteiger charge is -2.32. The van der Waals surface area contributed by atoms with Crippen LogP contribution in [0, 0.1) is 4.78 Å². The predicted molar refractivity (Wildman–Crippen MR) is 143 cm³/mol. The lowest BCUT2D eigenvalue weighted by molar-refractivity contribution is 0.170. The molecule has 0 saturated carbocycles. The summed E-state index contributed by atoms with van der Waals surface area (Å²) < 4.78 is 64.7. The van der Waals surface area contributed by atoms with Gasteiger partial charge in [-0.2, -0.15) is 4.40 Å². The van der Waals surface area contributed by atoms with Crippen LogP contribution in [0.5, 0.6) is 34.5 Å². The Kier molecular flexibility index (Phi) is 6.43. The standard InChI is InChI=1S/C25H29N3O7S2/c1-24(2)11-25(3,4)37(29)28-10-15-8-17(31-6)21-23(35-13-33-21)19(15)18-14(9-27-36(24)26)7-16(30-5)20-22(18)34-12-32-20/h7-10,26H,11-13H2,1-6H3. The van der Waals surface area contributed by atoms with Gasteiger partial charge in [-0.1, -0.05) is 0 Å². The van der Waals surface area contributed by atoms with Gasteiger partial charge in [-0.05, 0) is 46.2 Å². The van der Waals surface area contributed by atoms with Crippen molar-refractivity contribution in [1.29, 1.82) is 4.78 Å². The Hall–Kier alpha value is -3.12. The first-order valence-electron chi connectivity index (χ1n) is 11.5. The van der Waals surface area contributed by atoms with Crippen LogP contribution >= 0.6 is 0 Å². The van der Waals surface area contributed by atoms with Crippen LogP contribution in [0.4, 0.5) is 0 Å². The van der Waals surface area contributed by atoms with E-state index < -0.39 is 31.4 Å². The van der Waals surface area contributed by atoms with Gasteiger partial charge < -0.3 is 28.4 Å². The SMILES string of the molecule is COc1cc2c(c3c1OCO3)-c1c(cc(OC)c3c1OCO3)C=NS(=O)C(C)(C)CC(C)(C)S(=N)N=C2. The molecule has 0 saturated heterocycles. The summed E-state index contributed by atoms with van der Waals surface area (Å²) in [6.45, 7) is 7.71. The van der Waals surface area contributed by atoms with Gasteiger partial charge in [0.15, 0.2) is 23.0 Å². The summed E-state index contributed by atoms with van der Waals surface area (Å²) >= 11 is 0. The van der Waals surface area contributed by atoms with E-state index in [4.69, 9.17) is 33.2 Å². The minimum atomic E-state index is -1.60. The Morgan fingerprint density at radius 3 is 1.73 bits per heavy atom. The van der Waals surface area contributed by atoms with Crippen molar-refractivity contribution in [3.05, 3.63) is 23.3 Å². The number of methoxy groups -OCH3 is 2. The molecule has 10 nitrogen and oxygen atoms in total. The average molecular weight is 548 g/mol. The fourth-order valence-corrected chi connectivity index (χ4v) is 6.86. The Morgan fingerprint density at radius 1 is 0.784 bits per heavy atom. The number of hydrogen-bond acceptors (Lipinski definition) is 8. The van der Waals surface area contributed by atoms with Gasteiger partial charge >= 0.3 is 0 Å². The van der Waals surface area contributed by atoms with Crippen LogP contribution in [0.1, 0.15) is 45.2 Å². The Bertz CT molecular complexity index is 1280. The molecule has 198 valence electrons. The minimum Gasteiger partial charge on any atom is -0.493 e. The molecule has 37 heavy (non-hydrogen) atoms. The van der Waals surface area contributed by atoms with E-state index in [-0.39, 0.29) is 13.6 Å². The molecule has 0 bridgehead atoms. The molecule has 2 atom stereocenters. The van der Waals surface area contributed by atoms with E-state index in [2.05, 4.69) is 8.80 Å². The van der Waals surface area contributed by atoms with Crippen molar-refractivity contribution in [2.75, 3.05) is 27.8 Å². The number of fused-ring (bicyclic) bond motifs is 7. The molecule has 3 aliphatic rings. The second-order valence-electron chi connectivity index (χ2n) is 9.91. The molecule has 2 unspecified atom stereocenters. The number of nitrogens with zero attached hydrogens (tertiary/aromatic N) is 2. The topological polar surface area (TPSA) is 121 Å². The van der Waals surface area contributed by atoms with Crippen LogP contribution in [-0.4, -0.2) is 53.9 Å². The van der Waals surface area contributed by atoms with Gasteiger partial charge in [-0.15, -0.1) is 0 Å². The van der Waals surface area contributed by atoms with Crippen LogP contribution in [0.15, 0.2) is 20.9 Å². The third-order valence-corrected chi connectivity index (χ3v) is 9.29. The molecule has 0 aliphatic carbocycles. The minimum absolute atomic E-state index is 0.00173. The molecule has 0 spiro atoms. The molecule has 5 rings (SSSR count). The summed E-state index contributed by atoms with van der Waals surface area (Å²) in [5.41, 5.74) is 2.44. The molecular weight excluding hydrogens is 518 g/mol. The first-order chi connectivity index (χ1) is 17.6. The monoisotopic (exact) mass is 547 g/mol. The molecule has 0 aromatic heterocycles. The molecular formula is C25H29N3O7S2. The van der Waals surface area contributed by atoms with Crippen LogP contribution in [0.25, 0.3) is 11.1 Å². The molecule has 12 heteroatoms. The molecule has 0 fully saturated rings. The van der Waals surface area contributed by atoms with Crippen molar-refractivity contribution in [3.8, 4) is 45.6 Å². The zero-order valence-corrected chi connectivity index (χ0v) is 23.1. The average Bonchev–Trinajstić information content (AvgIpc) is 3.53. The van der Waals surface area contributed by atoms with Crippen LogP contribution in [0.3, 0.4) is 0 Å². The summed E-state index contributed by atoms with van der Waals surface area (Å²) in [6.07, 6.45) is 3.70. The third kappa shape index (κ3) is 4.35. The van der Waals surface area contributed by atoms with Crippen LogP contribution in [0.2, 0.25) is 0 Å². The second-order valence-corrected chi connectivity index (χ2v) is 13.6. The van der Waals surface area contributed by atoms with Crippen molar-refractivity contribution >= 4 is 34.3 Å². The summed E-state index contributed by atoms with van der Waals surface area (Å²) in [5, 5.41) is 0. The second kappa shape index (κ2) is 9.32. The summed E-state index contributed by atoms with van der Waals surface area (Å²) in [4.78, 5) is 0. The van der Waals surface area contributed by atoms with Crippen molar-refractivity contribution in [3.63, 3.8) is 0 Å². The molecule has 0 radical (unpaired) electrons. The van der Waals surface area contributed by atoms with E-state index in [9.17, 15) is 4.21 Å². The first-order valence-corrected chi connectivity index (χ1v) is 13.8. The highest BCUT2D eigenvalue weighted by Crippen LogP contribution is 2.56. The number of rotatable bonds is 2. The van der Waals surface area contributed by atoms with E-state index in [0.717, 1.165) is 0 Å². The molecule has 1 N–H and O–H groups in total. The summed E-state index contributed by atoms with van der Waals surface area (Å²) in [6, 6.07) is 3.56. The fourth-order valence-electron chi connectivity index (χ4n) is 4.79. The van der Waals surface area contributed by atoms with Gasteiger partial charge in [0.1, 0.15) is 11.0 Å². The number of nitrogens with one attached hydrogen (secondary N) is 1. The van der Waals surface area contributed by atoms with Gasteiger partial charge in [0, 0.05) is 50.3 Å². The zero-order valence-electron chi connectivity index (χ0n) is 21.5. The van der Waals surface area contributed by atoms with Gasteiger partial charge in [-0.3, -0.25) is 4.78 Å². The normalized spacial score (nSPS) is 22.8. The molecule has 3 heterocycles. The molecule has 3 aliphatic heterocycles. The van der Waals surface area contributed by atoms with E-state index in [1.54, 1.807) is 38.8 Å². The summed E-state index contributed by atoms with van der Waals surface area (Å²) in [7, 11) is 0.327. The predicted octanol–water partition coefficient (Wildman–Crippen LogP) is 4.59. The van der Waals surface area contributed by atoms with E-state index in [0.29, 0.717) is 63.2 Å². The van der Waals surface area contributed by atoms with Crippen LogP contribution in [-0.2, 0) is 21.9 Å². The molecule has 0 amide bonds. The number of hydrogen-bond donors (Lipinski definition) is 1. The Labute approximate surface area is 220 Å². The lowest BCUT2D eigenvalue weighted by atomic mass is 9.92. The highest BCUT2D eigenvalue weighted by atomic mass is 32.2. The van der Waals surface area contributed by atoms with Gasteiger partial charge in [0.2, 0.25) is 25.1 Å². The van der Waals surface area contributed by atoms with Crippen molar-refractivity contribution in [1.82, 2.24) is 0 Å². The number of benzene rings is 2. The van der Waals surface area contributed by atoms with E-state index >= 15 is 0 Å². The van der Waals surface area contributed by atoms with Crippen molar-refractivity contribution < 1.29 is 32.6 Å². The molecule has 2 aromatic carbocycles. The van der Waals surface area contributed by atoms with Gasteiger partial charge in [0.25, 0.3) is 0 Å². The van der Waals surface area contributed by atoms with Gasteiger partial charge in [-0.25, -0.2) is 8.61 Å². The maximum absolute atomic E-state index is 13.4. The Morgan fingerprint density at radius 2 is 1.24 bits per heavy atom. The number of ether oxygens (including phenoxy) is 6. The third-order valence-electron chi connectivity index (χ3n) is 6.40. The maximum Gasteiger partial charge on any atom is 0.231 e. The first kappa shape index (κ1) is 25.5. The Balaban J connectivity index is 1.88. The zero-order chi connectivity index (χ0) is 26.5. The fraction of sp³-hybridized carbons (Fsp3) is 0.440. The highest BCUT2D eigenvalue weighted by molar-refractivity contribution is 7.86. The quantitative estimate of drug-likeness (QED) is 0.584. The van der Waals surface area contributed by atoms with Crippen molar-refractivity contribution in [2.45, 2.75) is 43.6 Å². The smallest absolute Gasteiger partial charge is 0.231 e. The largest absolute Gasteiger partial charge is 0.493 e.